The summed E-state index contributed by atoms with van der Waals surface area (Å²) in [4.78, 5) is 0. The van der Waals surface area contributed by atoms with Crippen LogP contribution in [0.2, 0.25) is 0 Å². The Labute approximate surface area is 168 Å². The molecule has 0 saturated carbocycles. The van der Waals surface area contributed by atoms with Gasteiger partial charge in [-0.1, -0.05) is 91.1 Å². The highest BCUT2D eigenvalue weighted by Crippen LogP contribution is 2.31. The molecule has 0 heteroatoms. The monoisotopic (exact) mass is 362 g/mol. The topological polar surface area (TPSA) is 0 Å². The van der Waals surface area contributed by atoms with E-state index in [1.807, 2.05) is 0 Å². The molecule has 0 nitrogen and oxygen atoms in total. The molecule has 2 aliphatic rings. The molecule has 0 N–H and O–H groups in total. The van der Waals surface area contributed by atoms with Gasteiger partial charge >= 0.3 is 0 Å². The largest absolute Gasteiger partial charge is 0.0845 e. The van der Waals surface area contributed by atoms with Crippen LogP contribution in [0.4, 0.5) is 0 Å². The predicted molar refractivity (Wildman–Crippen MR) is 123 cm³/mol. The molecule has 0 radical (unpaired) electrons. The molecule has 0 aliphatic heterocycles. The fourth-order valence-electron chi connectivity index (χ4n) is 3.63. The van der Waals surface area contributed by atoms with Crippen molar-refractivity contribution in [1.29, 1.82) is 0 Å². The van der Waals surface area contributed by atoms with Crippen LogP contribution in [0.3, 0.4) is 0 Å². The Hall–Kier alpha value is -3.12. The molecule has 0 amide bonds. The van der Waals surface area contributed by atoms with E-state index in [-0.39, 0.29) is 0 Å². The van der Waals surface area contributed by atoms with Crippen LogP contribution in [-0.4, -0.2) is 0 Å². The van der Waals surface area contributed by atoms with Crippen LogP contribution in [0.25, 0.3) is 22.3 Å². The van der Waals surface area contributed by atoms with E-state index in [1.54, 1.807) is 0 Å². The van der Waals surface area contributed by atoms with Gasteiger partial charge in [0.2, 0.25) is 0 Å². The minimum atomic E-state index is 0.971. The lowest BCUT2D eigenvalue weighted by Gasteiger charge is -2.12. The van der Waals surface area contributed by atoms with Crippen molar-refractivity contribution in [1.82, 2.24) is 0 Å². The average molecular weight is 363 g/mol. The van der Waals surface area contributed by atoms with Gasteiger partial charge in [0.1, 0.15) is 0 Å². The van der Waals surface area contributed by atoms with E-state index in [2.05, 4.69) is 109 Å². The number of rotatable bonds is 3. The highest BCUT2D eigenvalue weighted by Gasteiger charge is 2.08. The summed E-state index contributed by atoms with van der Waals surface area (Å²) in [7, 11) is 0. The lowest BCUT2D eigenvalue weighted by Crippen LogP contribution is -1.90. The Balaban J connectivity index is 1.84. The van der Waals surface area contributed by atoms with Crippen LogP contribution >= 0.6 is 0 Å². The van der Waals surface area contributed by atoms with Gasteiger partial charge in [0, 0.05) is 0 Å². The van der Waals surface area contributed by atoms with E-state index >= 15 is 0 Å². The number of benzene rings is 2. The summed E-state index contributed by atoms with van der Waals surface area (Å²) in [6.45, 7) is 0. The smallest absolute Gasteiger partial charge is 0.0157 e. The zero-order chi connectivity index (χ0) is 19.0. The predicted octanol–water partition coefficient (Wildman–Crippen LogP) is 7.93. The Bertz CT molecular complexity index is 992. The lowest BCUT2D eigenvalue weighted by atomic mass is 9.92. The van der Waals surface area contributed by atoms with Crippen molar-refractivity contribution in [2.24, 2.45) is 0 Å². The standard InChI is InChI=1S/C28H26/c1-2-4-9-15-23(14-8-3-1)26-20-27(24-16-10-5-6-11-17-24)22-28(21-26)25-18-12-7-13-19-25/h3,5-10,12-22H,1-2,4,11H2. The van der Waals surface area contributed by atoms with Crippen LogP contribution in [0.1, 0.15) is 36.8 Å². The second-order valence-corrected chi connectivity index (χ2v) is 7.23. The normalized spacial score (nSPS) is 16.6. The van der Waals surface area contributed by atoms with E-state index in [9.17, 15) is 0 Å². The minimum absolute atomic E-state index is 0.971. The number of hydrogen-bond acceptors (Lipinski definition) is 0. The zero-order valence-corrected chi connectivity index (χ0v) is 16.2. The first kappa shape index (κ1) is 18.3. The molecule has 2 aliphatic carbocycles. The third kappa shape index (κ3) is 4.58. The van der Waals surface area contributed by atoms with Crippen LogP contribution < -0.4 is 0 Å². The highest BCUT2D eigenvalue weighted by molar-refractivity contribution is 5.85. The molecule has 2 aromatic rings. The van der Waals surface area contributed by atoms with E-state index < -0.39 is 0 Å². The fraction of sp³-hybridized carbons (Fsp3) is 0.143. The first-order valence-electron chi connectivity index (χ1n) is 10.2. The summed E-state index contributed by atoms with van der Waals surface area (Å²) < 4.78 is 0. The van der Waals surface area contributed by atoms with Crippen molar-refractivity contribution >= 4 is 11.1 Å². The quantitative estimate of drug-likeness (QED) is 0.520. The van der Waals surface area contributed by atoms with Crippen LogP contribution in [-0.2, 0) is 0 Å². The van der Waals surface area contributed by atoms with Crippen LogP contribution in [0.15, 0.2) is 109 Å². The van der Waals surface area contributed by atoms with Crippen molar-refractivity contribution in [3.63, 3.8) is 0 Å². The molecule has 28 heavy (non-hydrogen) atoms. The second kappa shape index (κ2) is 9.19. The molecule has 2 aromatic carbocycles. The maximum absolute atomic E-state index is 2.33. The molecular formula is C28H26. The molecule has 0 atom stereocenters. The van der Waals surface area contributed by atoms with Gasteiger partial charge in [-0.25, -0.2) is 0 Å². The van der Waals surface area contributed by atoms with E-state index in [4.69, 9.17) is 0 Å². The summed E-state index contributed by atoms with van der Waals surface area (Å²) in [5, 5.41) is 0. The molecule has 138 valence electrons. The maximum atomic E-state index is 2.33. The Kier molecular flexibility index (Phi) is 5.99. The van der Waals surface area contributed by atoms with Gasteiger partial charge in [-0.05, 0) is 77.3 Å². The molecule has 0 heterocycles. The zero-order valence-electron chi connectivity index (χ0n) is 16.2. The molecule has 0 unspecified atom stereocenters. The van der Waals surface area contributed by atoms with Crippen molar-refractivity contribution < 1.29 is 0 Å². The third-order valence-corrected chi connectivity index (χ3v) is 5.15. The molecule has 0 fully saturated rings. The molecule has 0 bridgehead atoms. The summed E-state index contributed by atoms with van der Waals surface area (Å²) in [6, 6.07) is 17.6. The fourth-order valence-corrected chi connectivity index (χ4v) is 3.63. The van der Waals surface area contributed by atoms with Crippen LogP contribution in [0.5, 0.6) is 0 Å². The van der Waals surface area contributed by atoms with Crippen molar-refractivity contribution in [3.8, 4) is 11.1 Å². The van der Waals surface area contributed by atoms with Crippen molar-refractivity contribution in [2.75, 3.05) is 0 Å². The van der Waals surface area contributed by atoms with Crippen LogP contribution in [0, 0.1) is 0 Å². The van der Waals surface area contributed by atoms with Crippen molar-refractivity contribution in [2.45, 2.75) is 25.7 Å². The first-order chi connectivity index (χ1) is 13.9. The second-order valence-electron chi connectivity index (χ2n) is 7.23. The van der Waals surface area contributed by atoms with E-state index in [0.29, 0.717) is 0 Å². The molecule has 4 rings (SSSR count). The third-order valence-electron chi connectivity index (χ3n) is 5.15. The number of hydrogen-bond donors (Lipinski definition) is 0. The van der Waals surface area contributed by atoms with Gasteiger partial charge < -0.3 is 0 Å². The summed E-state index contributed by atoms with van der Waals surface area (Å²) in [5.74, 6) is 0. The lowest BCUT2D eigenvalue weighted by molar-refractivity contribution is 0.869. The summed E-state index contributed by atoms with van der Waals surface area (Å²) >= 11 is 0. The molecular weight excluding hydrogens is 336 g/mol. The average Bonchev–Trinajstić information content (AvgIpc) is 2.95. The van der Waals surface area contributed by atoms with E-state index in [1.165, 1.54) is 39.8 Å². The van der Waals surface area contributed by atoms with Gasteiger partial charge in [-0.3, -0.25) is 0 Å². The van der Waals surface area contributed by atoms with Gasteiger partial charge in [-0.15, -0.1) is 0 Å². The van der Waals surface area contributed by atoms with Gasteiger partial charge in [0.15, 0.2) is 0 Å². The van der Waals surface area contributed by atoms with Gasteiger partial charge in [0.05, 0.1) is 0 Å². The Morgan fingerprint density at radius 3 is 2.25 bits per heavy atom. The first-order valence-corrected chi connectivity index (χ1v) is 10.2. The van der Waals surface area contributed by atoms with E-state index in [0.717, 1.165) is 19.3 Å². The Morgan fingerprint density at radius 2 is 1.36 bits per heavy atom. The van der Waals surface area contributed by atoms with Gasteiger partial charge in [-0.2, -0.15) is 0 Å². The SMILES string of the molecule is C1=CCC=C(c2cc(C3=CC=CCCCC=C3)cc(-c3ccccc3)c2)C=C1. The number of allylic oxidation sites excluding steroid dienone is 12. The maximum Gasteiger partial charge on any atom is -0.0157 e. The Morgan fingerprint density at radius 1 is 0.571 bits per heavy atom. The van der Waals surface area contributed by atoms with Crippen molar-refractivity contribution in [3.05, 3.63) is 120 Å². The summed E-state index contributed by atoms with van der Waals surface area (Å²) in [5.41, 5.74) is 7.61. The molecule has 0 aromatic heterocycles. The summed E-state index contributed by atoms with van der Waals surface area (Å²) in [6.07, 6.45) is 26.7. The molecule has 0 spiro atoms. The minimum Gasteiger partial charge on any atom is -0.0845 e. The van der Waals surface area contributed by atoms with Gasteiger partial charge in [0.25, 0.3) is 0 Å². The molecule has 0 saturated heterocycles. The highest BCUT2D eigenvalue weighted by atomic mass is 14.1.